The maximum atomic E-state index is 11.5. The number of halogens is 2. The number of esters is 1. The lowest BCUT2D eigenvalue weighted by Crippen LogP contribution is -2.11. The van der Waals surface area contributed by atoms with Crippen LogP contribution in [0.1, 0.15) is 17.9 Å². The van der Waals surface area contributed by atoms with Crippen molar-refractivity contribution >= 4 is 29.2 Å². The van der Waals surface area contributed by atoms with Crippen molar-refractivity contribution in [1.82, 2.24) is 0 Å². The van der Waals surface area contributed by atoms with Crippen LogP contribution in [0.4, 0.5) is 0 Å². The lowest BCUT2D eigenvalue weighted by atomic mass is 9.93. The monoisotopic (exact) mass is 270 g/mol. The largest absolute Gasteiger partial charge is 0.462 e. The van der Waals surface area contributed by atoms with Gasteiger partial charge < -0.3 is 4.74 Å². The Kier molecular flexibility index (Phi) is 3.75. The molecule has 2 atom stereocenters. The van der Waals surface area contributed by atoms with Gasteiger partial charge in [-0.1, -0.05) is 41.9 Å². The first kappa shape index (κ1) is 12.5. The molecule has 0 saturated carbocycles. The van der Waals surface area contributed by atoms with Crippen LogP contribution in [0.5, 0.6) is 0 Å². The number of benzene rings is 1. The summed E-state index contributed by atoms with van der Waals surface area (Å²) in [5.41, 5.74) is 1.46. The molecule has 1 aromatic carbocycles. The molecule has 1 aromatic rings. The first-order valence-electron chi connectivity index (χ1n) is 5.33. The van der Waals surface area contributed by atoms with Gasteiger partial charge in [0.15, 0.2) is 0 Å². The number of hydrogen-bond acceptors (Lipinski definition) is 2. The molecule has 2 nitrogen and oxygen atoms in total. The summed E-state index contributed by atoms with van der Waals surface area (Å²) in [6.45, 7) is 1.98. The third kappa shape index (κ3) is 2.48. The molecule has 0 amide bonds. The zero-order valence-corrected chi connectivity index (χ0v) is 10.8. The summed E-state index contributed by atoms with van der Waals surface area (Å²) in [5, 5.41) is 0.158. The van der Waals surface area contributed by atoms with E-state index >= 15 is 0 Å². The highest BCUT2D eigenvalue weighted by Crippen LogP contribution is 2.39. The minimum atomic E-state index is -0.357. The number of carbonyl (C=O) groups is 1. The standard InChI is InChI=1S/C13H12Cl2O2/c1-8(14)11-10(7-17-13(11)16)12(15)9-5-3-2-4-6-9/h2-6,10,12H,7H2,1H3/b11-8-. The molecule has 1 fully saturated rings. The summed E-state index contributed by atoms with van der Waals surface area (Å²) in [6.07, 6.45) is 0. The normalized spacial score (nSPS) is 24.4. The van der Waals surface area contributed by atoms with Crippen LogP contribution in [0.15, 0.2) is 40.9 Å². The Morgan fingerprint density at radius 3 is 2.65 bits per heavy atom. The molecule has 1 heterocycles. The Morgan fingerprint density at radius 2 is 2.06 bits per heavy atom. The van der Waals surface area contributed by atoms with Crippen molar-refractivity contribution in [2.45, 2.75) is 12.3 Å². The molecule has 17 heavy (non-hydrogen) atoms. The van der Waals surface area contributed by atoms with Crippen molar-refractivity contribution in [3.8, 4) is 0 Å². The molecule has 0 bridgehead atoms. The Bertz CT molecular complexity index is 450. The average Bonchev–Trinajstić information content (AvgIpc) is 2.71. The average molecular weight is 271 g/mol. The molecule has 1 aliphatic rings. The van der Waals surface area contributed by atoms with E-state index in [9.17, 15) is 4.79 Å². The molecule has 90 valence electrons. The smallest absolute Gasteiger partial charge is 0.335 e. The highest BCUT2D eigenvalue weighted by molar-refractivity contribution is 6.31. The zero-order valence-electron chi connectivity index (χ0n) is 9.32. The summed E-state index contributed by atoms with van der Waals surface area (Å²) >= 11 is 12.3. The van der Waals surface area contributed by atoms with Crippen molar-refractivity contribution in [3.05, 3.63) is 46.5 Å². The second kappa shape index (κ2) is 5.11. The second-order valence-corrected chi connectivity index (χ2v) is 5.00. The molecule has 0 N–H and O–H groups in total. The van der Waals surface area contributed by atoms with Gasteiger partial charge >= 0.3 is 5.97 Å². The van der Waals surface area contributed by atoms with E-state index in [2.05, 4.69) is 0 Å². The topological polar surface area (TPSA) is 26.3 Å². The number of ether oxygens (including phenoxy) is 1. The fourth-order valence-corrected chi connectivity index (χ4v) is 2.54. The van der Waals surface area contributed by atoms with E-state index in [1.165, 1.54) is 0 Å². The van der Waals surface area contributed by atoms with Gasteiger partial charge in [0.05, 0.1) is 11.0 Å². The van der Waals surface area contributed by atoms with Gasteiger partial charge in [-0.15, -0.1) is 11.6 Å². The molecule has 0 aliphatic carbocycles. The molecule has 0 aromatic heterocycles. The van der Waals surface area contributed by atoms with Crippen LogP contribution in [-0.4, -0.2) is 12.6 Å². The predicted octanol–water partition coefficient (Wildman–Crippen LogP) is 3.65. The summed E-state index contributed by atoms with van der Waals surface area (Å²) in [7, 11) is 0. The summed E-state index contributed by atoms with van der Waals surface area (Å²) < 4.78 is 5.02. The maximum absolute atomic E-state index is 11.5. The van der Waals surface area contributed by atoms with E-state index < -0.39 is 0 Å². The van der Waals surface area contributed by atoms with Gasteiger partial charge in [-0.3, -0.25) is 0 Å². The molecule has 0 radical (unpaired) electrons. The van der Waals surface area contributed by atoms with E-state index in [1.54, 1.807) is 6.92 Å². The van der Waals surface area contributed by atoms with E-state index in [4.69, 9.17) is 27.9 Å². The molecule has 1 aliphatic heterocycles. The number of hydrogen-bond donors (Lipinski definition) is 0. The van der Waals surface area contributed by atoms with E-state index in [0.29, 0.717) is 17.2 Å². The third-order valence-electron chi connectivity index (χ3n) is 2.83. The Labute approximate surface area is 110 Å². The molecule has 2 rings (SSSR count). The Morgan fingerprint density at radius 1 is 1.41 bits per heavy atom. The van der Waals surface area contributed by atoms with E-state index in [0.717, 1.165) is 5.56 Å². The molecule has 1 saturated heterocycles. The van der Waals surface area contributed by atoms with E-state index in [-0.39, 0.29) is 17.3 Å². The quantitative estimate of drug-likeness (QED) is 0.466. The molecular weight excluding hydrogens is 259 g/mol. The zero-order chi connectivity index (χ0) is 12.4. The predicted molar refractivity (Wildman–Crippen MR) is 68.0 cm³/mol. The van der Waals surface area contributed by atoms with Gasteiger partial charge in [0, 0.05) is 11.0 Å². The van der Waals surface area contributed by atoms with Crippen molar-refractivity contribution in [2.24, 2.45) is 5.92 Å². The minimum Gasteiger partial charge on any atom is -0.462 e. The second-order valence-electron chi connectivity index (χ2n) is 3.96. The van der Waals surface area contributed by atoms with Crippen molar-refractivity contribution in [3.63, 3.8) is 0 Å². The molecular formula is C13H12Cl2O2. The maximum Gasteiger partial charge on any atom is 0.335 e. The molecule has 4 heteroatoms. The number of rotatable bonds is 2. The van der Waals surface area contributed by atoms with E-state index in [1.807, 2.05) is 30.3 Å². The van der Waals surface area contributed by atoms with Gasteiger partial charge in [0.1, 0.15) is 6.61 Å². The highest BCUT2D eigenvalue weighted by Gasteiger charge is 2.37. The van der Waals surface area contributed by atoms with Crippen molar-refractivity contribution in [1.29, 1.82) is 0 Å². The summed E-state index contributed by atoms with van der Waals surface area (Å²) in [5.74, 6) is -0.534. The lowest BCUT2D eigenvalue weighted by Gasteiger charge is -2.16. The van der Waals surface area contributed by atoms with Crippen LogP contribution >= 0.6 is 23.2 Å². The van der Waals surface area contributed by atoms with Gasteiger partial charge in [0.25, 0.3) is 0 Å². The number of carbonyl (C=O) groups excluding carboxylic acids is 1. The van der Waals surface area contributed by atoms with Gasteiger partial charge in [-0.05, 0) is 12.5 Å². The van der Waals surface area contributed by atoms with Gasteiger partial charge in [0.2, 0.25) is 0 Å². The van der Waals surface area contributed by atoms with Crippen LogP contribution < -0.4 is 0 Å². The first-order valence-corrected chi connectivity index (χ1v) is 6.15. The Balaban J connectivity index is 2.30. The van der Waals surface area contributed by atoms with Crippen molar-refractivity contribution < 1.29 is 9.53 Å². The fraction of sp³-hybridized carbons (Fsp3) is 0.308. The molecule has 2 unspecified atom stereocenters. The number of allylic oxidation sites excluding steroid dienone is 1. The third-order valence-corrected chi connectivity index (χ3v) is 3.59. The highest BCUT2D eigenvalue weighted by atomic mass is 35.5. The Hall–Kier alpha value is -0.990. The summed E-state index contributed by atoms with van der Waals surface area (Å²) in [4.78, 5) is 11.5. The van der Waals surface area contributed by atoms with Crippen LogP contribution in [-0.2, 0) is 9.53 Å². The summed E-state index contributed by atoms with van der Waals surface area (Å²) in [6, 6.07) is 9.62. The number of alkyl halides is 1. The first-order chi connectivity index (χ1) is 8.11. The van der Waals surface area contributed by atoms with Crippen LogP contribution in [0.3, 0.4) is 0 Å². The van der Waals surface area contributed by atoms with Crippen LogP contribution in [0, 0.1) is 5.92 Å². The lowest BCUT2D eigenvalue weighted by molar-refractivity contribution is -0.135. The van der Waals surface area contributed by atoms with Crippen LogP contribution in [0.25, 0.3) is 0 Å². The minimum absolute atomic E-state index is 0.177. The van der Waals surface area contributed by atoms with Gasteiger partial charge in [-0.25, -0.2) is 4.79 Å². The fourth-order valence-electron chi connectivity index (χ4n) is 1.97. The number of cyclic esters (lactones) is 1. The van der Waals surface area contributed by atoms with Crippen molar-refractivity contribution in [2.75, 3.05) is 6.61 Å². The molecule has 0 spiro atoms. The van der Waals surface area contributed by atoms with Crippen LogP contribution in [0.2, 0.25) is 0 Å². The van der Waals surface area contributed by atoms with Gasteiger partial charge in [-0.2, -0.15) is 0 Å². The SMILES string of the molecule is C/C(Cl)=C1/C(=O)OCC1C(Cl)c1ccccc1.